The highest BCUT2D eigenvalue weighted by molar-refractivity contribution is 5.89. The number of urea groups is 1. The third-order valence-corrected chi connectivity index (χ3v) is 3.36. The Morgan fingerprint density at radius 3 is 2.58 bits per heavy atom. The van der Waals surface area contributed by atoms with Crippen LogP contribution >= 0.6 is 0 Å². The lowest BCUT2D eigenvalue weighted by Gasteiger charge is -2.20. The van der Waals surface area contributed by atoms with Crippen molar-refractivity contribution in [3.8, 4) is 0 Å². The first kappa shape index (κ1) is 13.9. The molecule has 1 aromatic carbocycles. The Morgan fingerprint density at radius 1 is 1.32 bits per heavy atom. The maximum Gasteiger partial charge on any atom is 0.319 e. The van der Waals surface area contributed by atoms with E-state index in [1.54, 1.807) is 0 Å². The number of ether oxygens (including phenoxy) is 1. The molecule has 0 unspecified atom stereocenters. The van der Waals surface area contributed by atoms with Gasteiger partial charge in [-0.15, -0.1) is 0 Å². The number of hydrogen-bond donors (Lipinski definition) is 2. The average Bonchev–Trinajstić information content (AvgIpc) is 2.80. The Morgan fingerprint density at radius 2 is 2.00 bits per heavy atom. The standard InChI is InChI=1S/C15H22N2O2/c1-10-7-11(2)9-13(8-10)17-15(18)16-12(3)14-5-4-6-19-14/h7-9,12,14H,4-6H2,1-3H3,(H2,16,17,18)/t12-,14+/m1/s1. The van der Waals surface area contributed by atoms with Gasteiger partial charge in [-0.05, 0) is 56.9 Å². The Kier molecular flexibility index (Phi) is 4.43. The molecule has 19 heavy (non-hydrogen) atoms. The molecule has 0 saturated carbocycles. The van der Waals surface area contributed by atoms with Gasteiger partial charge in [-0.2, -0.15) is 0 Å². The summed E-state index contributed by atoms with van der Waals surface area (Å²) < 4.78 is 5.56. The van der Waals surface area contributed by atoms with Crippen LogP contribution < -0.4 is 10.6 Å². The Labute approximate surface area is 114 Å². The highest BCUT2D eigenvalue weighted by atomic mass is 16.5. The Bertz CT molecular complexity index is 433. The minimum atomic E-state index is -0.173. The lowest BCUT2D eigenvalue weighted by molar-refractivity contribution is 0.0868. The third-order valence-electron chi connectivity index (χ3n) is 3.36. The molecule has 0 bridgehead atoms. The average molecular weight is 262 g/mol. The fraction of sp³-hybridized carbons (Fsp3) is 0.533. The molecule has 2 amide bonds. The molecule has 1 heterocycles. The van der Waals surface area contributed by atoms with E-state index in [9.17, 15) is 4.79 Å². The molecule has 0 spiro atoms. The molecule has 1 aliphatic rings. The van der Waals surface area contributed by atoms with Crippen molar-refractivity contribution in [2.45, 2.75) is 45.8 Å². The first-order chi connectivity index (χ1) is 9.04. The number of aryl methyl sites for hydroxylation is 2. The third kappa shape index (κ3) is 3.96. The molecule has 4 heteroatoms. The fourth-order valence-electron chi connectivity index (χ4n) is 2.51. The molecule has 0 radical (unpaired) electrons. The van der Waals surface area contributed by atoms with E-state index in [2.05, 4.69) is 16.7 Å². The molecule has 1 aliphatic heterocycles. The number of anilines is 1. The van der Waals surface area contributed by atoms with Crippen molar-refractivity contribution >= 4 is 11.7 Å². The quantitative estimate of drug-likeness (QED) is 0.879. The molecule has 1 aromatic rings. The summed E-state index contributed by atoms with van der Waals surface area (Å²) in [5.41, 5.74) is 3.11. The van der Waals surface area contributed by atoms with E-state index in [-0.39, 0.29) is 18.2 Å². The van der Waals surface area contributed by atoms with Crippen molar-refractivity contribution in [3.05, 3.63) is 29.3 Å². The summed E-state index contributed by atoms with van der Waals surface area (Å²) in [6.07, 6.45) is 2.24. The van der Waals surface area contributed by atoms with E-state index in [1.807, 2.05) is 32.9 Å². The van der Waals surface area contributed by atoms with E-state index >= 15 is 0 Å². The molecule has 1 fully saturated rings. The van der Waals surface area contributed by atoms with E-state index in [4.69, 9.17) is 4.74 Å². The smallest absolute Gasteiger partial charge is 0.319 e. The molecule has 0 aromatic heterocycles. The van der Waals surface area contributed by atoms with Gasteiger partial charge in [-0.1, -0.05) is 6.07 Å². The van der Waals surface area contributed by atoms with E-state index in [1.165, 1.54) is 0 Å². The second kappa shape index (κ2) is 6.06. The van der Waals surface area contributed by atoms with Gasteiger partial charge in [0.15, 0.2) is 0 Å². The van der Waals surface area contributed by atoms with Crippen LogP contribution in [0.3, 0.4) is 0 Å². The van der Waals surface area contributed by atoms with Crippen molar-refractivity contribution in [2.75, 3.05) is 11.9 Å². The number of nitrogens with one attached hydrogen (secondary N) is 2. The highest BCUT2D eigenvalue weighted by Gasteiger charge is 2.23. The van der Waals surface area contributed by atoms with Crippen molar-refractivity contribution < 1.29 is 9.53 Å². The van der Waals surface area contributed by atoms with Gasteiger partial charge < -0.3 is 15.4 Å². The predicted octanol–water partition coefficient (Wildman–Crippen LogP) is 2.99. The zero-order valence-electron chi connectivity index (χ0n) is 11.8. The Hall–Kier alpha value is -1.55. The lowest BCUT2D eigenvalue weighted by Crippen LogP contribution is -2.43. The van der Waals surface area contributed by atoms with Gasteiger partial charge >= 0.3 is 6.03 Å². The van der Waals surface area contributed by atoms with Crippen LogP contribution in [0.25, 0.3) is 0 Å². The number of amides is 2. The molecule has 2 N–H and O–H groups in total. The summed E-state index contributed by atoms with van der Waals surface area (Å²) >= 11 is 0. The predicted molar refractivity (Wildman–Crippen MR) is 76.5 cm³/mol. The molecule has 4 nitrogen and oxygen atoms in total. The van der Waals surface area contributed by atoms with E-state index in [0.717, 1.165) is 36.3 Å². The van der Waals surface area contributed by atoms with Crippen molar-refractivity contribution in [3.63, 3.8) is 0 Å². The molecule has 1 saturated heterocycles. The number of carbonyl (C=O) groups excluding carboxylic acids is 1. The van der Waals surface area contributed by atoms with Gasteiger partial charge in [-0.3, -0.25) is 0 Å². The zero-order valence-corrected chi connectivity index (χ0v) is 11.8. The zero-order chi connectivity index (χ0) is 13.8. The topological polar surface area (TPSA) is 50.4 Å². The van der Waals surface area contributed by atoms with Gasteiger partial charge in [0.05, 0.1) is 12.1 Å². The maximum atomic E-state index is 11.9. The highest BCUT2D eigenvalue weighted by Crippen LogP contribution is 2.16. The van der Waals surface area contributed by atoms with Crippen molar-refractivity contribution in [2.24, 2.45) is 0 Å². The summed E-state index contributed by atoms with van der Waals surface area (Å²) in [5, 5.41) is 5.81. The molecular formula is C15H22N2O2. The van der Waals surface area contributed by atoms with Crippen LogP contribution in [0.15, 0.2) is 18.2 Å². The summed E-state index contributed by atoms with van der Waals surface area (Å²) in [4.78, 5) is 11.9. The summed E-state index contributed by atoms with van der Waals surface area (Å²) in [5.74, 6) is 0. The first-order valence-electron chi connectivity index (χ1n) is 6.82. The lowest BCUT2D eigenvalue weighted by atomic mass is 10.1. The van der Waals surface area contributed by atoms with E-state index in [0.29, 0.717) is 0 Å². The van der Waals surface area contributed by atoms with Gasteiger partial charge in [0.1, 0.15) is 0 Å². The van der Waals surface area contributed by atoms with Crippen LogP contribution in [-0.2, 0) is 4.74 Å². The largest absolute Gasteiger partial charge is 0.376 e. The molecular weight excluding hydrogens is 240 g/mol. The molecule has 2 atom stereocenters. The van der Waals surface area contributed by atoms with Gasteiger partial charge in [0, 0.05) is 12.3 Å². The number of carbonyl (C=O) groups is 1. The van der Waals surface area contributed by atoms with Gasteiger partial charge in [0.25, 0.3) is 0 Å². The van der Waals surface area contributed by atoms with Crippen LogP contribution in [0.4, 0.5) is 10.5 Å². The minimum absolute atomic E-state index is 0.0356. The van der Waals surface area contributed by atoms with Gasteiger partial charge in [0.2, 0.25) is 0 Å². The minimum Gasteiger partial charge on any atom is -0.376 e. The van der Waals surface area contributed by atoms with Crippen LogP contribution in [0.5, 0.6) is 0 Å². The summed E-state index contributed by atoms with van der Waals surface area (Å²) in [7, 11) is 0. The van der Waals surface area contributed by atoms with Gasteiger partial charge in [-0.25, -0.2) is 4.79 Å². The molecule has 104 valence electrons. The molecule has 0 aliphatic carbocycles. The van der Waals surface area contributed by atoms with E-state index < -0.39 is 0 Å². The Balaban J connectivity index is 1.89. The fourth-order valence-corrected chi connectivity index (χ4v) is 2.51. The maximum absolute atomic E-state index is 11.9. The second-order valence-electron chi connectivity index (χ2n) is 5.31. The van der Waals surface area contributed by atoms with Crippen LogP contribution in [0.1, 0.15) is 30.9 Å². The number of rotatable bonds is 3. The van der Waals surface area contributed by atoms with Crippen molar-refractivity contribution in [1.29, 1.82) is 0 Å². The number of hydrogen-bond acceptors (Lipinski definition) is 2. The monoisotopic (exact) mass is 262 g/mol. The van der Waals surface area contributed by atoms with Crippen molar-refractivity contribution in [1.82, 2.24) is 5.32 Å². The summed E-state index contributed by atoms with van der Waals surface area (Å²) in [6.45, 7) is 6.82. The first-order valence-corrected chi connectivity index (χ1v) is 6.82. The SMILES string of the molecule is Cc1cc(C)cc(NC(=O)N[C@H](C)[C@@H]2CCCO2)c1. The number of benzene rings is 1. The van der Waals surface area contributed by atoms with Crippen LogP contribution in [0.2, 0.25) is 0 Å². The summed E-state index contributed by atoms with van der Waals surface area (Å²) in [6, 6.07) is 5.87. The second-order valence-corrected chi connectivity index (χ2v) is 5.31. The normalized spacial score (nSPS) is 20.1. The van der Waals surface area contributed by atoms with Crippen LogP contribution in [-0.4, -0.2) is 24.8 Å². The van der Waals surface area contributed by atoms with Crippen LogP contribution in [0, 0.1) is 13.8 Å². The molecule has 2 rings (SSSR count).